The number of nitrogens with zero attached hydrogens (tertiary/aromatic N) is 2. The first-order valence-corrected chi connectivity index (χ1v) is 7.20. The second-order valence-electron chi connectivity index (χ2n) is 4.91. The molecule has 19 heavy (non-hydrogen) atoms. The van der Waals surface area contributed by atoms with Crippen molar-refractivity contribution in [2.45, 2.75) is 25.4 Å². The molecule has 1 aliphatic heterocycles. The number of hydrogen-bond acceptors (Lipinski definition) is 4. The second-order valence-corrected chi connectivity index (χ2v) is 5.77. The van der Waals surface area contributed by atoms with E-state index in [1.54, 1.807) is 11.3 Å². The van der Waals surface area contributed by atoms with E-state index in [1.165, 1.54) is 0 Å². The lowest BCUT2D eigenvalue weighted by atomic mass is 10.0. The molecule has 0 saturated carbocycles. The molecule has 1 aromatic heterocycles. The van der Waals surface area contributed by atoms with Gasteiger partial charge < -0.3 is 4.74 Å². The fourth-order valence-corrected chi connectivity index (χ4v) is 3.29. The van der Waals surface area contributed by atoms with Gasteiger partial charge in [-0.1, -0.05) is 12.1 Å². The third kappa shape index (κ3) is 2.27. The number of hydrogen-bond donors (Lipinski definition) is 0. The number of benzene rings is 1. The van der Waals surface area contributed by atoms with Gasteiger partial charge in [-0.3, -0.25) is 0 Å². The van der Waals surface area contributed by atoms with Crippen molar-refractivity contribution in [2.24, 2.45) is 0 Å². The Morgan fingerprint density at radius 1 is 1.37 bits per heavy atom. The van der Waals surface area contributed by atoms with Crippen LogP contribution in [0.4, 0.5) is 0 Å². The Morgan fingerprint density at radius 2 is 2.16 bits per heavy atom. The molecule has 3 rings (SSSR count). The van der Waals surface area contributed by atoms with Gasteiger partial charge in [-0.25, -0.2) is 4.98 Å². The van der Waals surface area contributed by atoms with Crippen molar-refractivity contribution in [3.8, 4) is 17.3 Å². The Morgan fingerprint density at radius 3 is 2.79 bits per heavy atom. The second kappa shape index (κ2) is 4.76. The third-order valence-corrected chi connectivity index (χ3v) is 4.57. The van der Waals surface area contributed by atoms with E-state index >= 15 is 0 Å². The van der Waals surface area contributed by atoms with Gasteiger partial charge in [-0.15, -0.1) is 11.3 Å². The van der Waals surface area contributed by atoms with Crippen LogP contribution in [-0.4, -0.2) is 11.6 Å². The molecule has 2 aromatic rings. The van der Waals surface area contributed by atoms with Crippen molar-refractivity contribution >= 4 is 11.3 Å². The van der Waals surface area contributed by atoms with E-state index in [9.17, 15) is 0 Å². The molecule has 1 atom stereocenters. The largest absolute Gasteiger partial charge is 0.368 e. The van der Waals surface area contributed by atoms with Gasteiger partial charge in [0.25, 0.3) is 0 Å². The molecule has 0 N–H and O–H groups in total. The maximum absolute atomic E-state index is 8.80. The third-order valence-electron chi connectivity index (χ3n) is 3.49. The van der Waals surface area contributed by atoms with Gasteiger partial charge in [-0.05, 0) is 31.9 Å². The summed E-state index contributed by atoms with van der Waals surface area (Å²) >= 11 is 1.65. The number of rotatable bonds is 2. The van der Waals surface area contributed by atoms with Gasteiger partial charge in [0.2, 0.25) is 0 Å². The predicted octanol–water partition coefficient (Wildman–Crippen LogP) is 3.71. The van der Waals surface area contributed by atoms with Crippen LogP contribution in [0, 0.1) is 11.3 Å². The van der Waals surface area contributed by atoms with Gasteiger partial charge in [0.05, 0.1) is 17.3 Å². The molecular weight excluding hydrogens is 256 g/mol. The van der Waals surface area contributed by atoms with Crippen LogP contribution in [0.3, 0.4) is 0 Å². The van der Waals surface area contributed by atoms with Crippen molar-refractivity contribution < 1.29 is 4.74 Å². The topological polar surface area (TPSA) is 45.9 Å². The summed E-state index contributed by atoms with van der Waals surface area (Å²) < 4.78 is 5.82. The Labute approximate surface area is 116 Å². The average molecular weight is 270 g/mol. The van der Waals surface area contributed by atoms with Crippen LogP contribution in [-0.2, 0) is 10.3 Å². The molecule has 96 valence electrons. The van der Waals surface area contributed by atoms with E-state index in [-0.39, 0.29) is 5.60 Å². The van der Waals surface area contributed by atoms with Crippen LogP contribution in [0.2, 0.25) is 0 Å². The fourth-order valence-electron chi connectivity index (χ4n) is 2.31. The Kier molecular flexibility index (Phi) is 3.09. The molecule has 0 amide bonds. The molecule has 1 aromatic carbocycles. The monoisotopic (exact) mass is 270 g/mol. The zero-order chi connectivity index (χ0) is 13.3. The lowest BCUT2D eigenvalue weighted by Crippen LogP contribution is -2.19. The quantitative estimate of drug-likeness (QED) is 0.835. The predicted molar refractivity (Wildman–Crippen MR) is 74.8 cm³/mol. The maximum Gasteiger partial charge on any atom is 0.125 e. The van der Waals surface area contributed by atoms with Gasteiger partial charge in [0.15, 0.2) is 0 Å². The highest BCUT2D eigenvalue weighted by Gasteiger charge is 2.34. The minimum atomic E-state index is -0.213. The minimum absolute atomic E-state index is 0.213. The van der Waals surface area contributed by atoms with Crippen LogP contribution < -0.4 is 0 Å². The summed E-state index contributed by atoms with van der Waals surface area (Å²) in [6.45, 7) is 2.93. The molecule has 3 nitrogen and oxygen atoms in total. The van der Waals surface area contributed by atoms with E-state index in [4.69, 9.17) is 15.0 Å². The molecule has 2 heterocycles. The van der Waals surface area contributed by atoms with E-state index in [0.29, 0.717) is 5.56 Å². The summed E-state index contributed by atoms with van der Waals surface area (Å²) in [5.74, 6) is 0. The lowest BCUT2D eigenvalue weighted by molar-refractivity contribution is 0.0167. The summed E-state index contributed by atoms with van der Waals surface area (Å²) in [4.78, 5) is 4.70. The minimum Gasteiger partial charge on any atom is -0.368 e. The lowest BCUT2D eigenvalue weighted by Gasteiger charge is -2.19. The van der Waals surface area contributed by atoms with Gasteiger partial charge >= 0.3 is 0 Å². The summed E-state index contributed by atoms with van der Waals surface area (Å²) in [6.07, 6.45) is 2.13. The molecule has 0 radical (unpaired) electrons. The van der Waals surface area contributed by atoms with Crippen molar-refractivity contribution in [3.05, 3.63) is 40.2 Å². The molecule has 1 aliphatic rings. The summed E-state index contributed by atoms with van der Waals surface area (Å²) in [6, 6.07) is 9.65. The van der Waals surface area contributed by atoms with Crippen LogP contribution in [0.1, 0.15) is 30.3 Å². The Balaban J connectivity index is 1.90. The van der Waals surface area contributed by atoms with E-state index < -0.39 is 0 Å². The van der Waals surface area contributed by atoms with Gasteiger partial charge in [0.1, 0.15) is 10.6 Å². The summed E-state index contributed by atoms with van der Waals surface area (Å²) in [5, 5.41) is 11.9. The average Bonchev–Trinajstić information content (AvgIpc) is 3.08. The highest BCUT2D eigenvalue weighted by atomic mass is 32.1. The zero-order valence-electron chi connectivity index (χ0n) is 10.7. The van der Waals surface area contributed by atoms with E-state index in [2.05, 4.69) is 18.4 Å². The molecule has 1 unspecified atom stereocenters. The SMILES string of the molecule is CC1(c2nc(-c3ccc(C#N)cc3)cs2)CCCO1. The highest BCUT2D eigenvalue weighted by Crippen LogP contribution is 2.38. The van der Waals surface area contributed by atoms with Crippen LogP contribution >= 0.6 is 11.3 Å². The van der Waals surface area contributed by atoms with Crippen LogP contribution in [0.15, 0.2) is 29.6 Å². The molecular formula is C15H14N2OS. The van der Waals surface area contributed by atoms with Crippen molar-refractivity contribution in [1.29, 1.82) is 5.26 Å². The number of nitriles is 1. The molecule has 1 fully saturated rings. The first-order chi connectivity index (χ1) is 9.21. The summed E-state index contributed by atoms with van der Waals surface area (Å²) in [7, 11) is 0. The molecule has 0 bridgehead atoms. The fraction of sp³-hybridized carbons (Fsp3) is 0.333. The molecule has 4 heteroatoms. The van der Waals surface area contributed by atoms with Crippen molar-refractivity contribution in [3.63, 3.8) is 0 Å². The van der Waals surface area contributed by atoms with Gasteiger partial charge in [0, 0.05) is 17.6 Å². The molecule has 0 aliphatic carbocycles. The number of ether oxygens (including phenoxy) is 1. The normalized spacial score (nSPS) is 22.3. The van der Waals surface area contributed by atoms with Crippen LogP contribution in [0.5, 0.6) is 0 Å². The number of thiazole rings is 1. The molecule has 1 saturated heterocycles. The van der Waals surface area contributed by atoms with E-state index in [1.807, 2.05) is 24.3 Å². The first-order valence-electron chi connectivity index (χ1n) is 6.32. The van der Waals surface area contributed by atoms with Gasteiger partial charge in [-0.2, -0.15) is 5.26 Å². The van der Waals surface area contributed by atoms with Crippen molar-refractivity contribution in [1.82, 2.24) is 4.98 Å². The first kappa shape index (κ1) is 12.3. The smallest absolute Gasteiger partial charge is 0.125 e. The Bertz CT molecular complexity index is 618. The van der Waals surface area contributed by atoms with Crippen molar-refractivity contribution in [2.75, 3.05) is 6.61 Å². The molecule has 0 spiro atoms. The zero-order valence-corrected chi connectivity index (χ0v) is 11.5. The summed E-state index contributed by atoms with van der Waals surface area (Å²) in [5.41, 5.74) is 2.46. The van der Waals surface area contributed by atoms with Crippen LogP contribution in [0.25, 0.3) is 11.3 Å². The maximum atomic E-state index is 8.80. The Hall–Kier alpha value is -1.70. The highest BCUT2D eigenvalue weighted by molar-refractivity contribution is 7.10. The standard InChI is InChI=1S/C15H14N2OS/c1-15(7-2-8-18-15)14-17-13(10-19-14)12-5-3-11(9-16)4-6-12/h3-6,10H,2,7-8H2,1H3. The number of aromatic nitrogens is 1. The van der Waals surface area contributed by atoms with E-state index in [0.717, 1.165) is 35.7 Å².